The van der Waals surface area contributed by atoms with Crippen molar-refractivity contribution in [1.29, 1.82) is 0 Å². The largest absolute Gasteiger partial charge is 0.478 e. The maximum Gasteiger partial charge on any atom is 0.433 e. The van der Waals surface area contributed by atoms with Crippen molar-refractivity contribution in [2.75, 3.05) is 0 Å². The van der Waals surface area contributed by atoms with E-state index < -0.39 is 23.6 Å². The Bertz CT molecular complexity index is 1150. The van der Waals surface area contributed by atoms with Crippen molar-refractivity contribution in [3.05, 3.63) is 62.4 Å². The second-order valence-corrected chi connectivity index (χ2v) is 6.85. The first-order valence-corrected chi connectivity index (χ1v) is 8.49. The van der Waals surface area contributed by atoms with Crippen LogP contribution in [0.1, 0.15) is 37.7 Å². The highest BCUT2D eigenvalue weighted by molar-refractivity contribution is 6.42. The number of hydrogen-bond acceptors (Lipinski definition) is 3. The van der Waals surface area contributed by atoms with Gasteiger partial charge in [0.2, 0.25) is 5.78 Å². The number of fused-ring (bicyclic) bond motifs is 1. The minimum Gasteiger partial charge on any atom is -0.478 e. The summed E-state index contributed by atoms with van der Waals surface area (Å²) in [7, 11) is 1.38. The second-order valence-electron chi connectivity index (χ2n) is 6.07. The highest BCUT2D eigenvalue weighted by Gasteiger charge is 2.34. The van der Waals surface area contributed by atoms with Crippen LogP contribution in [0.4, 0.5) is 13.2 Å². The van der Waals surface area contributed by atoms with Crippen molar-refractivity contribution in [2.45, 2.75) is 13.1 Å². The lowest BCUT2D eigenvalue weighted by Crippen LogP contribution is -2.12. The van der Waals surface area contributed by atoms with Gasteiger partial charge in [0.15, 0.2) is 0 Å². The average Bonchev–Trinajstić information content (AvgIpc) is 2.91. The zero-order chi connectivity index (χ0) is 21.0. The molecule has 0 fully saturated rings. The zero-order valence-corrected chi connectivity index (χ0v) is 15.9. The summed E-state index contributed by atoms with van der Waals surface area (Å²) in [5, 5.41) is 9.10. The molecule has 1 aromatic carbocycles. The second kappa shape index (κ2) is 6.79. The van der Waals surface area contributed by atoms with Gasteiger partial charge in [0, 0.05) is 12.4 Å². The summed E-state index contributed by atoms with van der Waals surface area (Å²) in [4.78, 5) is 27.9. The van der Waals surface area contributed by atoms with Crippen LogP contribution in [-0.4, -0.2) is 26.4 Å². The van der Waals surface area contributed by atoms with E-state index in [1.807, 2.05) is 0 Å². The number of carboxylic acids is 1. The van der Waals surface area contributed by atoms with Gasteiger partial charge in [0.05, 0.1) is 26.9 Å². The van der Waals surface area contributed by atoms with Crippen molar-refractivity contribution in [3.63, 3.8) is 0 Å². The van der Waals surface area contributed by atoms with E-state index in [0.717, 1.165) is 12.1 Å². The molecule has 0 saturated heterocycles. The Labute approximate surface area is 166 Å². The summed E-state index contributed by atoms with van der Waals surface area (Å²) in [6.45, 7) is 1.47. The molecule has 28 heavy (non-hydrogen) atoms. The Hall–Kier alpha value is -2.58. The Morgan fingerprint density at radius 1 is 1.18 bits per heavy atom. The maximum atomic E-state index is 13.1. The Kier molecular flexibility index (Phi) is 4.89. The SMILES string of the molecule is Cc1cc(C(F)(F)F)nc2c1cc(C(=O)c1c(Cl)ccc(C(=O)O)c1Cl)n2C. The molecule has 0 radical (unpaired) electrons. The fourth-order valence-electron chi connectivity index (χ4n) is 2.86. The number of ketones is 1. The summed E-state index contributed by atoms with van der Waals surface area (Å²) in [5.74, 6) is -2.08. The van der Waals surface area contributed by atoms with Gasteiger partial charge >= 0.3 is 12.1 Å². The molecule has 0 bridgehead atoms. The van der Waals surface area contributed by atoms with Crippen molar-refractivity contribution < 1.29 is 27.9 Å². The van der Waals surface area contributed by atoms with Crippen molar-refractivity contribution in [2.24, 2.45) is 7.05 Å². The van der Waals surface area contributed by atoms with E-state index in [1.165, 1.54) is 30.7 Å². The molecule has 5 nitrogen and oxygen atoms in total. The number of pyridine rings is 1. The van der Waals surface area contributed by atoms with Gasteiger partial charge in [-0.2, -0.15) is 13.2 Å². The van der Waals surface area contributed by atoms with Gasteiger partial charge in [0.1, 0.15) is 11.3 Å². The number of nitrogens with zero attached hydrogens (tertiary/aromatic N) is 2. The van der Waals surface area contributed by atoms with Crippen molar-refractivity contribution in [1.82, 2.24) is 9.55 Å². The Balaban J connectivity index is 2.24. The number of aromatic carboxylic acids is 1. The smallest absolute Gasteiger partial charge is 0.433 e. The normalized spacial score (nSPS) is 11.8. The molecule has 3 rings (SSSR count). The van der Waals surface area contributed by atoms with Gasteiger partial charge in [-0.1, -0.05) is 23.2 Å². The summed E-state index contributed by atoms with van der Waals surface area (Å²) >= 11 is 12.1. The summed E-state index contributed by atoms with van der Waals surface area (Å²) in [5.41, 5.74) is -1.44. The van der Waals surface area contributed by atoms with Crippen LogP contribution in [-0.2, 0) is 13.2 Å². The first-order chi connectivity index (χ1) is 12.9. The lowest BCUT2D eigenvalue weighted by atomic mass is 10.0. The quantitative estimate of drug-likeness (QED) is 0.584. The molecule has 146 valence electrons. The van der Waals surface area contributed by atoms with E-state index in [0.29, 0.717) is 5.39 Å². The Morgan fingerprint density at radius 3 is 2.39 bits per heavy atom. The van der Waals surface area contributed by atoms with Crippen LogP contribution in [0.15, 0.2) is 24.3 Å². The minimum absolute atomic E-state index is 0.0312. The molecule has 3 aromatic rings. The molecule has 0 aliphatic rings. The van der Waals surface area contributed by atoms with Crippen LogP contribution in [0, 0.1) is 6.92 Å². The minimum atomic E-state index is -4.64. The molecule has 0 amide bonds. The van der Waals surface area contributed by atoms with Gasteiger partial charge in [-0.25, -0.2) is 9.78 Å². The molecular weight excluding hydrogens is 420 g/mol. The van der Waals surface area contributed by atoms with Gasteiger partial charge in [-0.05, 0) is 36.8 Å². The number of alkyl halides is 3. The molecule has 1 N–H and O–H groups in total. The van der Waals surface area contributed by atoms with E-state index in [1.54, 1.807) is 0 Å². The zero-order valence-electron chi connectivity index (χ0n) is 14.4. The van der Waals surface area contributed by atoms with E-state index in [9.17, 15) is 27.9 Å². The van der Waals surface area contributed by atoms with Gasteiger partial charge in [-0.3, -0.25) is 4.79 Å². The molecule has 0 atom stereocenters. The number of carbonyl (C=O) groups excluding carboxylic acids is 1. The molecule has 0 aliphatic heterocycles. The van der Waals surface area contributed by atoms with Crippen LogP contribution < -0.4 is 0 Å². The third-order valence-electron chi connectivity index (χ3n) is 4.28. The van der Waals surface area contributed by atoms with Crippen LogP contribution in [0.5, 0.6) is 0 Å². The summed E-state index contributed by atoms with van der Waals surface area (Å²) < 4.78 is 40.4. The van der Waals surface area contributed by atoms with Gasteiger partial charge in [0.25, 0.3) is 0 Å². The number of aromatic nitrogens is 2. The molecular formula is C18H11Cl2F3N2O3. The molecule has 0 unspecified atom stereocenters. The summed E-state index contributed by atoms with van der Waals surface area (Å²) in [6.07, 6.45) is -4.64. The van der Waals surface area contributed by atoms with Gasteiger partial charge in [-0.15, -0.1) is 0 Å². The maximum absolute atomic E-state index is 13.1. The molecule has 0 spiro atoms. The van der Waals surface area contributed by atoms with Crippen molar-refractivity contribution in [3.8, 4) is 0 Å². The molecule has 0 saturated carbocycles. The number of aryl methyl sites for hydroxylation is 2. The third kappa shape index (κ3) is 3.22. The lowest BCUT2D eigenvalue weighted by Gasteiger charge is -2.10. The monoisotopic (exact) mass is 430 g/mol. The van der Waals surface area contributed by atoms with Crippen LogP contribution in [0.3, 0.4) is 0 Å². The first kappa shape index (κ1) is 20.2. The van der Waals surface area contributed by atoms with E-state index in [2.05, 4.69) is 4.98 Å². The molecule has 2 aromatic heterocycles. The van der Waals surface area contributed by atoms with Crippen molar-refractivity contribution >= 4 is 46.0 Å². The van der Waals surface area contributed by atoms with Crippen LogP contribution in [0.2, 0.25) is 10.0 Å². The average molecular weight is 431 g/mol. The number of hydrogen-bond donors (Lipinski definition) is 1. The number of benzene rings is 1. The van der Waals surface area contributed by atoms with Crippen LogP contribution >= 0.6 is 23.2 Å². The fourth-order valence-corrected chi connectivity index (χ4v) is 3.49. The first-order valence-electron chi connectivity index (χ1n) is 7.73. The Morgan fingerprint density at radius 2 is 1.82 bits per heavy atom. The van der Waals surface area contributed by atoms with E-state index in [-0.39, 0.29) is 38.1 Å². The topological polar surface area (TPSA) is 72.2 Å². The van der Waals surface area contributed by atoms with Gasteiger partial charge < -0.3 is 9.67 Å². The number of rotatable bonds is 3. The number of halogens is 5. The van der Waals surface area contributed by atoms with E-state index in [4.69, 9.17) is 23.2 Å². The highest BCUT2D eigenvalue weighted by atomic mass is 35.5. The third-order valence-corrected chi connectivity index (χ3v) is 4.98. The predicted molar refractivity (Wildman–Crippen MR) is 97.3 cm³/mol. The fraction of sp³-hybridized carbons (Fsp3) is 0.167. The number of carboxylic acid groups (broad SMARTS) is 1. The lowest BCUT2D eigenvalue weighted by molar-refractivity contribution is -0.141. The highest BCUT2D eigenvalue weighted by Crippen LogP contribution is 2.34. The predicted octanol–water partition coefficient (Wildman–Crippen LogP) is 5.14. The molecule has 0 aliphatic carbocycles. The number of carbonyl (C=O) groups is 2. The van der Waals surface area contributed by atoms with E-state index >= 15 is 0 Å². The molecule has 10 heteroatoms. The molecule has 2 heterocycles. The summed E-state index contributed by atoms with van der Waals surface area (Å²) in [6, 6.07) is 4.65. The standard InChI is InChI=1S/C18H11Cl2F3N2O3/c1-7-5-12(18(21,22)23)24-16-9(7)6-11(25(16)2)15(26)13-10(19)4-3-8(14(13)20)17(27)28/h3-6H,1-2H3,(H,27,28). The van der Waals surface area contributed by atoms with Crippen LogP contribution in [0.25, 0.3) is 11.0 Å².